The van der Waals surface area contributed by atoms with Gasteiger partial charge in [0, 0.05) is 24.1 Å². The minimum absolute atomic E-state index is 0.103. The SMILES string of the molecule is CC(=O)c1nc2ccc(F)cc2cc1-c1cccc(S(C)(=O)=O)n1. The summed E-state index contributed by atoms with van der Waals surface area (Å²) in [5.41, 5.74) is 1.30. The van der Waals surface area contributed by atoms with Crippen LogP contribution in [-0.2, 0) is 9.84 Å². The van der Waals surface area contributed by atoms with Gasteiger partial charge >= 0.3 is 0 Å². The molecular weight excluding hydrogens is 331 g/mol. The van der Waals surface area contributed by atoms with E-state index in [1.165, 1.54) is 31.2 Å². The van der Waals surface area contributed by atoms with Gasteiger partial charge in [-0.1, -0.05) is 6.07 Å². The first-order valence-electron chi connectivity index (χ1n) is 7.04. The fourth-order valence-electron chi connectivity index (χ4n) is 2.38. The van der Waals surface area contributed by atoms with Gasteiger partial charge in [-0.15, -0.1) is 0 Å². The normalized spacial score (nSPS) is 11.6. The Balaban J connectivity index is 2.32. The molecule has 0 saturated carbocycles. The van der Waals surface area contributed by atoms with Crippen molar-refractivity contribution in [3.8, 4) is 11.3 Å². The highest BCUT2D eigenvalue weighted by molar-refractivity contribution is 7.90. The minimum atomic E-state index is -3.49. The van der Waals surface area contributed by atoms with Gasteiger partial charge in [-0.25, -0.2) is 22.8 Å². The van der Waals surface area contributed by atoms with Crippen LogP contribution in [0.3, 0.4) is 0 Å². The standard InChI is InChI=1S/C17H13FN2O3S/c1-10(21)17-13(9-11-8-12(18)6-7-14(11)20-17)15-4-3-5-16(19-15)24(2,22)23/h3-9H,1-2H3. The molecule has 0 bridgehead atoms. The Morgan fingerprint density at radius 3 is 2.50 bits per heavy atom. The van der Waals surface area contributed by atoms with E-state index >= 15 is 0 Å². The number of benzene rings is 1. The molecule has 24 heavy (non-hydrogen) atoms. The van der Waals surface area contributed by atoms with Crippen LogP contribution in [0.2, 0.25) is 0 Å². The lowest BCUT2D eigenvalue weighted by atomic mass is 10.0. The van der Waals surface area contributed by atoms with E-state index in [2.05, 4.69) is 9.97 Å². The summed E-state index contributed by atoms with van der Waals surface area (Å²) in [6, 6.07) is 10.2. The van der Waals surface area contributed by atoms with Gasteiger partial charge in [0.1, 0.15) is 11.5 Å². The summed E-state index contributed by atoms with van der Waals surface area (Å²) in [6.07, 6.45) is 1.05. The first kappa shape index (κ1) is 16.2. The second-order valence-corrected chi connectivity index (χ2v) is 7.37. The molecule has 0 radical (unpaired) electrons. The van der Waals surface area contributed by atoms with Crippen molar-refractivity contribution in [3.63, 3.8) is 0 Å². The van der Waals surface area contributed by atoms with Crippen LogP contribution in [-0.4, -0.2) is 30.4 Å². The summed E-state index contributed by atoms with van der Waals surface area (Å²) in [7, 11) is -3.49. The third-order valence-corrected chi connectivity index (χ3v) is 4.48. The number of carbonyl (C=O) groups excluding carboxylic acids is 1. The van der Waals surface area contributed by atoms with Crippen LogP contribution in [0.1, 0.15) is 17.4 Å². The van der Waals surface area contributed by atoms with Crippen molar-refractivity contribution in [2.24, 2.45) is 0 Å². The smallest absolute Gasteiger partial charge is 0.192 e. The van der Waals surface area contributed by atoms with Gasteiger partial charge < -0.3 is 0 Å². The van der Waals surface area contributed by atoms with Crippen molar-refractivity contribution in [1.82, 2.24) is 9.97 Å². The van der Waals surface area contributed by atoms with E-state index in [1.807, 2.05) is 0 Å². The number of rotatable bonds is 3. The quantitative estimate of drug-likeness (QED) is 0.683. The van der Waals surface area contributed by atoms with Gasteiger partial charge in [-0.05, 0) is 36.4 Å². The molecule has 3 rings (SSSR count). The van der Waals surface area contributed by atoms with Gasteiger partial charge in [-0.2, -0.15) is 0 Å². The maximum Gasteiger partial charge on any atom is 0.192 e. The Kier molecular flexibility index (Phi) is 3.88. The number of ketones is 1. The van der Waals surface area contributed by atoms with E-state index in [-0.39, 0.29) is 16.5 Å². The molecule has 0 saturated heterocycles. The van der Waals surface area contributed by atoms with Crippen molar-refractivity contribution in [2.75, 3.05) is 6.26 Å². The number of aromatic nitrogens is 2. The molecule has 1 aromatic carbocycles. The molecular formula is C17H13FN2O3S. The first-order valence-corrected chi connectivity index (χ1v) is 8.93. The number of hydrogen-bond donors (Lipinski definition) is 0. The van der Waals surface area contributed by atoms with Gasteiger partial charge in [0.15, 0.2) is 20.6 Å². The molecule has 0 aliphatic heterocycles. The summed E-state index contributed by atoms with van der Waals surface area (Å²) in [4.78, 5) is 20.3. The molecule has 2 heterocycles. The number of Topliss-reactive ketones (excluding diaryl/α,β-unsaturated/α-hetero) is 1. The lowest BCUT2D eigenvalue weighted by Gasteiger charge is -2.09. The number of hydrogen-bond acceptors (Lipinski definition) is 5. The van der Waals surface area contributed by atoms with Crippen LogP contribution >= 0.6 is 0 Å². The van der Waals surface area contributed by atoms with Gasteiger partial charge in [-0.3, -0.25) is 4.79 Å². The molecule has 122 valence electrons. The van der Waals surface area contributed by atoms with Crippen LogP contribution in [0.4, 0.5) is 4.39 Å². The van der Waals surface area contributed by atoms with E-state index in [9.17, 15) is 17.6 Å². The number of pyridine rings is 2. The number of sulfone groups is 1. The van der Waals surface area contributed by atoms with E-state index < -0.39 is 15.7 Å². The summed E-state index contributed by atoms with van der Waals surface area (Å²) in [5.74, 6) is -0.716. The fourth-order valence-corrected chi connectivity index (χ4v) is 2.97. The Labute approximate surface area is 138 Å². The molecule has 0 aliphatic carbocycles. The maximum absolute atomic E-state index is 13.5. The fraction of sp³-hybridized carbons (Fsp3) is 0.118. The second kappa shape index (κ2) is 5.76. The van der Waals surface area contributed by atoms with Crippen molar-refractivity contribution in [2.45, 2.75) is 11.9 Å². The molecule has 7 heteroatoms. The van der Waals surface area contributed by atoms with E-state index in [0.717, 1.165) is 6.26 Å². The molecule has 2 aromatic heterocycles. The summed E-state index contributed by atoms with van der Waals surface area (Å²) >= 11 is 0. The minimum Gasteiger partial charge on any atom is -0.293 e. The van der Waals surface area contributed by atoms with Crippen molar-refractivity contribution in [3.05, 3.63) is 54.0 Å². The number of carbonyl (C=O) groups is 1. The average Bonchev–Trinajstić information content (AvgIpc) is 2.52. The predicted molar refractivity (Wildman–Crippen MR) is 88.0 cm³/mol. The zero-order chi connectivity index (χ0) is 17.5. The molecule has 0 atom stereocenters. The third kappa shape index (κ3) is 3.03. The monoisotopic (exact) mass is 344 g/mol. The van der Waals surface area contributed by atoms with E-state index in [1.54, 1.807) is 18.2 Å². The third-order valence-electron chi connectivity index (χ3n) is 3.49. The lowest BCUT2D eigenvalue weighted by Crippen LogP contribution is -2.05. The molecule has 5 nitrogen and oxygen atoms in total. The highest BCUT2D eigenvalue weighted by Crippen LogP contribution is 2.27. The maximum atomic E-state index is 13.5. The molecule has 3 aromatic rings. The molecule has 0 aliphatic rings. The highest BCUT2D eigenvalue weighted by atomic mass is 32.2. The summed E-state index contributed by atoms with van der Waals surface area (Å²) in [6.45, 7) is 1.36. The van der Waals surface area contributed by atoms with Crippen LogP contribution in [0, 0.1) is 5.82 Å². The zero-order valence-corrected chi connectivity index (χ0v) is 13.8. The molecule has 0 unspecified atom stereocenters. The largest absolute Gasteiger partial charge is 0.293 e. The summed E-state index contributed by atoms with van der Waals surface area (Å²) in [5, 5.41) is 0.399. The van der Waals surface area contributed by atoms with E-state index in [0.29, 0.717) is 22.2 Å². The predicted octanol–water partition coefficient (Wildman–Crippen LogP) is 3.04. The van der Waals surface area contributed by atoms with Gasteiger partial charge in [0.05, 0.1) is 11.2 Å². The zero-order valence-electron chi connectivity index (χ0n) is 12.9. The van der Waals surface area contributed by atoms with Crippen molar-refractivity contribution in [1.29, 1.82) is 0 Å². The average molecular weight is 344 g/mol. The van der Waals surface area contributed by atoms with Crippen LogP contribution < -0.4 is 0 Å². The first-order chi connectivity index (χ1) is 11.3. The molecule has 0 fully saturated rings. The van der Waals surface area contributed by atoms with Gasteiger partial charge in [0.2, 0.25) is 0 Å². The number of nitrogens with zero attached hydrogens (tertiary/aromatic N) is 2. The highest BCUT2D eigenvalue weighted by Gasteiger charge is 2.16. The molecule has 0 spiro atoms. The van der Waals surface area contributed by atoms with Crippen molar-refractivity contribution < 1.29 is 17.6 Å². The second-order valence-electron chi connectivity index (χ2n) is 5.41. The van der Waals surface area contributed by atoms with Crippen LogP contribution in [0.25, 0.3) is 22.2 Å². The van der Waals surface area contributed by atoms with E-state index in [4.69, 9.17) is 0 Å². The number of halogens is 1. The number of fused-ring (bicyclic) bond motifs is 1. The van der Waals surface area contributed by atoms with Gasteiger partial charge in [0.25, 0.3) is 0 Å². The topological polar surface area (TPSA) is 77.0 Å². The summed E-state index contributed by atoms with van der Waals surface area (Å²) < 4.78 is 36.9. The Morgan fingerprint density at radius 2 is 1.83 bits per heavy atom. The Bertz CT molecular complexity index is 1080. The Morgan fingerprint density at radius 1 is 1.08 bits per heavy atom. The lowest BCUT2D eigenvalue weighted by molar-refractivity contribution is 0.101. The van der Waals surface area contributed by atoms with Crippen LogP contribution in [0.15, 0.2) is 47.5 Å². The Hall–Kier alpha value is -2.67. The molecule has 0 amide bonds. The van der Waals surface area contributed by atoms with Crippen LogP contribution in [0.5, 0.6) is 0 Å². The molecule has 0 N–H and O–H groups in total. The van der Waals surface area contributed by atoms with Crippen molar-refractivity contribution >= 4 is 26.5 Å².